The van der Waals surface area contributed by atoms with Crippen LogP contribution in [0.25, 0.3) is 0 Å². The number of amides is 2. The van der Waals surface area contributed by atoms with Gasteiger partial charge in [0, 0.05) is 12.6 Å². The summed E-state index contributed by atoms with van der Waals surface area (Å²) in [7, 11) is 0. The fourth-order valence-corrected chi connectivity index (χ4v) is 3.98. The van der Waals surface area contributed by atoms with Gasteiger partial charge in [-0.05, 0) is 29.6 Å². The maximum Gasteiger partial charge on any atom is 0.471 e. The number of carbonyl (C=O) groups excluding carboxylic acids is 2. The van der Waals surface area contributed by atoms with Gasteiger partial charge in [0.25, 0.3) is 0 Å². The van der Waals surface area contributed by atoms with Crippen LogP contribution in [0.1, 0.15) is 41.5 Å². The van der Waals surface area contributed by atoms with Gasteiger partial charge in [0.2, 0.25) is 5.91 Å². The first-order valence-electron chi connectivity index (χ1n) is 7.87. The molecular weight excluding hydrogens is 309 g/mol. The van der Waals surface area contributed by atoms with E-state index in [0.717, 1.165) is 0 Å². The number of hydrogen-bond acceptors (Lipinski definition) is 2. The molecule has 1 N–H and O–H groups in total. The van der Waals surface area contributed by atoms with Gasteiger partial charge in [0.1, 0.15) is 6.04 Å². The molecule has 4 atom stereocenters. The molecular formula is C16H25F3N2O2. The molecule has 2 fully saturated rings. The lowest BCUT2D eigenvalue weighted by molar-refractivity contribution is -0.176. The van der Waals surface area contributed by atoms with Gasteiger partial charge >= 0.3 is 12.1 Å². The van der Waals surface area contributed by atoms with Gasteiger partial charge in [-0.1, -0.05) is 34.6 Å². The molecule has 1 saturated carbocycles. The number of nitrogens with zero attached hydrogens (tertiary/aromatic N) is 1. The highest BCUT2D eigenvalue weighted by molar-refractivity contribution is 5.90. The van der Waals surface area contributed by atoms with Gasteiger partial charge in [-0.15, -0.1) is 0 Å². The molecule has 1 aliphatic heterocycles. The largest absolute Gasteiger partial charge is 0.471 e. The van der Waals surface area contributed by atoms with E-state index in [1.54, 1.807) is 25.7 Å². The van der Waals surface area contributed by atoms with Gasteiger partial charge in [-0.25, -0.2) is 0 Å². The summed E-state index contributed by atoms with van der Waals surface area (Å²) in [5.74, 6) is -1.72. The molecule has 0 radical (unpaired) electrons. The monoisotopic (exact) mass is 334 g/mol. The number of carbonyl (C=O) groups is 2. The van der Waals surface area contributed by atoms with E-state index in [9.17, 15) is 22.8 Å². The number of fused-ring (bicyclic) bond motifs is 1. The third kappa shape index (κ3) is 3.06. The fraction of sp³-hybridized carbons (Fsp3) is 0.875. The second-order valence-corrected chi connectivity index (χ2v) is 8.46. The standard InChI is InChI=1S/C16H25F3N2O2/c1-8-10-9(15(10,5)6)7-21(8)12(22)11(14(2,3)4)20-13(23)16(17,18)19/h8-11H,7H2,1-6H3,(H,20,23)/t8-,9?,10-,11-/m1/s1. The Kier molecular flexibility index (Phi) is 4.02. The number of rotatable bonds is 2. The van der Waals surface area contributed by atoms with Crippen LogP contribution < -0.4 is 5.32 Å². The Morgan fingerprint density at radius 2 is 1.74 bits per heavy atom. The second-order valence-electron chi connectivity index (χ2n) is 8.46. The van der Waals surface area contributed by atoms with Crippen molar-refractivity contribution in [1.29, 1.82) is 0 Å². The Labute approximate surface area is 134 Å². The maximum absolute atomic E-state index is 12.8. The molecule has 0 aromatic carbocycles. The minimum Gasteiger partial charge on any atom is -0.338 e. The van der Waals surface area contributed by atoms with Crippen LogP contribution in [0.15, 0.2) is 0 Å². The Morgan fingerprint density at radius 1 is 1.22 bits per heavy atom. The first-order valence-corrected chi connectivity index (χ1v) is 7.87. The quantitative estimate of drug-likeness (QED) is 0.844. The fourth-order valence-electron chi connectivity index (χ4n) is 3.98. The first-order chi connectivity index (χ1) is 10.2. The average Bonchev–Trinajstić information content (AvgIpc) is 2.71. The molecule has 1 saturated heterocycles. The van der Waals surface area contributed by atoms with E-state index in [0.29, 0.717) is 18.4 Å². The highest BCUT2D eigenvalue weighted by atomic mass is 19.4. The van der Waals surface area contributed by atoms with E-state index in [2.05, 4.69) is 13.8 Å². The van der Waals surface area contributed by atoms with E-state index in [1.165, 1.54) is 0 Å². The summed E-state index contributed by atoms with van der Waals surface area (Å²) in [6, 6.07) is -1.21. The van der Waals surface area contributed by atoms with Crippen LogP contribution in [-0.4, -0.2) is 41.5 Å². The van der Waals surface area contributed by atoms with Crippen molar-refractivity contribution in [3.63, 3.8) is 0 Å². The molecule has 0 aromatic heterocycles. The summed E-state index contributed by atoms with van der Waals surface area (Å²) in [6.45, 7) is 11.7. The van der Waals surface area contributed by atoms with Crippen LogP contribution in [0, 0.1) is 22.7 Å². The highest BCUT2D eigenvalue weighted by Gasteiger charge is 2.66. The molecule has 4 nitrogen and oxygen atoms in total. The lowest BCUT2D eigenvalue weighted by Crippen LogP contribution is -2.58. The van der Waals surface area contributed by atoms with Crippen molar-refractivity contribution < 1.29 is 22.8 Å². The lowest BCUT2D eigenvalue weighted by Gasteiger charge is -2.37. The predicted molar refractivity (Wildman–Crippen MR) is 79.4 cm³/mol. The van der Waals surface area contributed by atoms with Crippen molar-refractivity contribution >= 4 is 11.8 Å². The number of halogens is 3. The van der Waals surface area contributed by atoms with Crippen LogP contribution in [0.2, 0.25) is 0 Å². The summed E-state index contributed by atoms with van der Waals surface area (Å²) in [5, 5.41) is 1.89. The van der Waals surface area contributed by atoms with Crippen LogP contribution in [-0.2, 0) is 9.59 Å². The first kappa shape index (κ1) is 18.1. The van der Waals surface area contributed by atoms with Crippen LogP contribution in [0.5, 0.6) is 0 Å². The summed E-state index contributed by atoms with van der Waals surface area (Å²) in [6.07, 6.45) is -5.00. The Bertz CT molecular complexity index is 522. The third-order valence-electron chi connectivity index (χ3n) is 5.47. The highest BCUT2D eigenvalue weighted by Crippen LogP contribution is 2.64. The number of likely N-dealkylation sites (tertiary alicyclic amines) is 1. The number of alkyl halides is 3. The molecule has 0 spiro atoms. The summed E-state index contributed by atoms with van der Waals surface area (Å²) in [5.41, 5.74) is -0.622. The molecule has 1 unspecified atom stereocenters. The summed E-state index contributed by atoms with van der Waals surface area (Å²) >= 11 is 0. The molecule has 2 rings (SSSR count). The Balaban J connectivity index is 2.15. The molecule has 1 aliphatic carbocycles. The normalized spacial score (nSPS) is 30.7. The smallest absolute Gasteiger partial charge is 0.338 e. The van der Waals surface area contributed by atoms with Crippen LogP contribution in [0.3, 0.4) is 0 Å². The van der Waals surface area contributed by atoms with Crippen molar-refractivity contribution in [2.24, 2.45) is 22.7 Å². The topological polar surface area (TPSA) is 49.4 Å². The van der Waals surface area contributed by atoms with E-state index >= 15 is 0 Å². The van der Waals surface area contributed by atoms with Crippen LogP contribution in [0.4, 0.5) is 13.2 Å². The van der Waals surface area contributed by atoms with Crippen LogP contribution >= 0.6 is 0 Å². The minimum atomic E-state index is -5.00. The van der Waals surface area contributed by atoms with Crippen molar-refractivity contribution in [3.8, 4) is 0 Å². The molecule has 7 heteroatoms. The summed E-state index contributed by atoms with van der Waals surface area (Å²) < 4.78 is 37.6. The number of hydrogen-bond donors (Lipinski definition) is 1. The summed E-state index contributed by atoms with van der Waals surface area (Å²) in [4.78, 5) is 25.7. The number of nitrogens with one attached hydrogen (secondary N) is 1. The van der Waals surface area contributed by atoms with Crippen molar-refractivity contribution in [2.45, 2.75) is 59.8 Å². The predicted octanol–water partition coefficient (Wildman–Crippen LogP) is 2.58. The van der Waals surface area contributed by atoms with Gasteiger partial charge in [-0.2, -0.15) is 13.2 Å². The van der Waals surface area contributed by atoms with Crippen molar-refractivity contribution in [3.05, 3.63) is 0 Å². The van der Waals surface area contributed by atoms with Gasteiger partial charge in [0.05, 0.1) is 0 Å². The molecule has 0 aromatic rings. The van der Waals surface area contributed by atoms with E-state index in [-0.39, 0.29) is 11.5 Å². The zero-order valence-corrected chi connectivity index (χ0v) is 14.4. The van der Waals surface area contributed by atoms with Gasteiger partial charge in [0.15, 0.2) is 0 Å². The molecule has 1 heterocycles. The number of piperidine rings is 1. The SMILES string of the molecule is C[C@@H]1[C@@H]2C(CN1C(=O)[C@@H](NC(=O)C(F)(F)F)C(C)(C)C)C2(C)C. The zero-order chi connectivity index (χ0) is 18.0. The third-order valence-corrected chi connectivity index (χ3v) is 5.47. The molecule has 132 valence electrons. The average molecular weight is 334 g/mol. The van der Waals surface area contributed by atoms with Crippen molar-refractivity contribution in [2.75, 3.05) is 6.54 Å². The molecule has 2 aliphatic rings. The van der Waals surface area contributed by atoms with E-state index in [1.807, 2.05) is 12.2 Å². The minimum absolute atomic E-state index is 0.0184. The Hall–Kier alpha value is -1.27. The van der Waals surface area contributed by atoms with Gasteiger partial charge in [-0.3, -0.25) is 9.59 Å². The van der Waals surface area contributed by atoms with E-state index < -0.39 is 29.4 Å². The second kappa shape index (κ2) is 5.11. The van der Waals surface area contributed by atoms with E-state index in [4.69, 9.17) is 0 Å². The van der Waals surface area contributed by atoms with Gasteiger partial charge < -0.3 is 10.2 Å². The molecule has 0 bridgehead atoms. The Morgan fingerprint density at radius 3 is 2.09 bits per heavy atom. The zero-order valence-electron chi connectivity index (χ0n) is 14.4. The molecule has 23 heavy (non-hydrogen) atoms. The maximum atomic E-state index is 12.8. The van der Waals surface area contributed by atoms with Crippen molar-refractivity contribution in [1.82, 2.24) is 10.2 Å². The lowest BCUT2D eigenvalue weighted by atomic mass is 9.85. The molecule has 2 amide bonds.